The number of carbonyl (C=O) groups is 3. The Bertz CT molecular complexity index is 2090. The Labute approximate surface area is 277 Å². The maximum absolute atomic E-state index is 14.5. The van der Waals surface area contributed by atoms with Crippen molar-refractivity contribution in [2.75, 3.05) is 31.1 Å². The van der Waals surface area contributed by atoms with E-state index in [1.807, 2.05) is 36.5 Å². The third-order valence-electron chi connectivity index (χ3n) is 8.31. The summed E-state index contributed by atoms with van der Waals surface area (Å²) in [5, 5.41) is 4.21. The smallest absolute Gasteiger partial charge is 0.290 e. The molecule has 13 heteroatoms. The molecule has 1 fully saturated rings. The van der Waals surface area contributed by atoms with Crippen LogP contribution in [0.1, 0.15) is 33.5 Å². The van der Waals surface area contributed by atoms with Crippen molar-refractivity contribution in [3.63, 3.8) is 0 Å². The Kier molecular flexibility index (Phi) is 9.51. The van der Waals surface area contributed by atoms with Crippen LogP contribution >= 0.6 is 0 Å². The summed E-state index contributed by atoms with van der Waals surface area (Å²) in [7, 11) is 0. The van der Waals surface area contributed by atoms with Crippen LogP contribution in [0.2, 0.25) is 0 Å². The van der Waals surface area contributed by atoms with Gasteiger partial charge in [0.25, 0.3) is 11.5 Å². The summed E-state index contributed by atoms with van der Waals surface area (Å²) in [6.07, 6.45) is 3.57. The molecule has 0 atom stereocenters. The summed E-state index contributed by atoms with van der Waals surface area (Å²) < 4.78 is 58.7. The molecule has 0 bridgehead atoms. The summed E-state index contributed by atoms with van der Waals surface area (Å²) >= 11 is 0. The van der Waals surface area contributed by atoms with E-state index in [1.54, 1.807) is 16.9 Å². The molecular weight excluding hydrogens is 642 g/mol. The molecule has 250 valence electrons. The van der Waals surface area contributed by atoms with E-state index >= 15 is 0 Å². The molecular formula is C36H29F4N5O4. The van der Waals surface area contributed by atoms with Crippen LogP contribution in [0, 0.1) is 23.3 Å². The molecule has 0 aliphatic carbocycles. The molecule has 0 unspecified atom stereocenters. The molecule has 0 spiro atoms. The second kappa shape index (κ2) is 14.1. The van der Waals surface area contributed by atoms with E-state index < -0.39 is 58.3 Å². The molecule has 3 heterocycles. The minimum atomic E-state index is -1.67. The average Bonchev–Trinajstić information content (AvgIpc) is 3.65. The fourth-order valence-corrected chi connectivity index (χ4v) is 5.76. The van der Waals surface area contributed by atoms with E-state index in [4.69, 9.17) is 0 Å². The first kappa shape index (κ1) is 33.1. The van der Waals surface area contributed by atoms with Crippen molar-refractivity contribution in [1.29, 1.82) is 0 Å². The quantitative estimate of drug-likeness (QED) is 0.0702. The van der Waals surface area contributed by atoms with Crippen molar-refractivity contribution in [1.82, 2.24) is 19.2 Å². The van der Waals surface area contributed by atoms with Gasteiger partial charge in [0.15, 0.2) is 23.2 Å². The van der Waals surface area contributed by atoms with Crippen molar-refractivity contribution in [3.05, 3.63) is 147 Å². The van der Waals surface area contributed by atoms with Gasteiger partial charge in [-0.25, -0.2) is 22.2 Å². The first-order chi connectivity index (χ1) is 23.6. The van der Waals surface area contributed by atoms with E-state index in [-0.39, 0.29) is 37.2 Å². The van der Waals surface area contributed by atoms with Gasteiger partial charge in [0, 0.05) is 56.9 Å². The number of nitrogens with zero attached hydrogens (tertiary/aromatic N) is 5. The van der Waals surface area contributed by atoms with Crippen LogP contribution in [0.4, 0.5) is 23.2 Å². The summed E-state index contributed by atoms with van der Waals surface area (Å²) in [6.45, 7) is 1.17. The largest absolute Gasteiger partial charge is 0.368 e. The van der Waals surface area contributed by atoms with Crippen molar-refractivity contribution in [2.45, 2.75) is 19.4 Å². The predicted octanol–water partition coefficient (Wildman–Crippen LogP) is 4.72. The molecule has 3 aromatic carbocycles. The standard InChI is InChI=1S/C36H29F4N5O4/c37-26-4-1-3-23(18-26)21-44-22-24(17-25-5-10-30(38)34(40)33(25)39)19-29(35(44)48)31(46)20-32(47)36(49)43-15-13-42(14-16-43)27-6-8-28(9-7-27)45-12-2-11-41-45/h1-12,18-19,22H,13-17,20-21H2. The van der Waals surface area contributed by atoms with Crippen molar-refractivity contribution >= 4 is 23.2 Å². The number of hydrogen-bond acceptors (Lipinski definition) is 6. The minimum Gasteiger partial charge on any atom is -0.368 e. The highest BCUT2D eigenvalue weighted by atomic mass is 19.2. The van der Waals surface area contributed by atoms with E-state index in [1.165, 1.54) is 29.3 Å². The van der Waals surface area contributed by atoms with Gasteiger partial charge in [0.1, 0.15) is 5.82 Å². The lowest BCUT2D eigenvalue weighted by Crippen LogP contribution is -2.51. The number of rotatable bonds is 10. The van der Waals surface area contributed by atoms with Gasteiger partial charge in [0.05, 0.1) is 24.2 Å². The summed E-state index contributed by atoms with van der Waals surface area (Å²) in [5.74, 6) is -7.84. The second-order valence-electron chi connectivity index (χ2n) is 11.6. The lowest BCUT2D eigenvalue weighted by molar-refractivity contribution is -0.144. The van der Waals surface area contributed by atoms with Crippen molar-refractivity contribution in [2.24, 2.45) is 0 Å². The number of anilines is 1. The Morgan fingerprint density at radius 2 is 1.51 bits per heavy atom. The number of piperazine rings is 1. The van der Waals surface area contributed by atoms with Gasteiger partial charge in [-0.2, -0.15) is 5.10 Å². The fraction of sp³-hybridized carbons (Fsp3) is 0.194. The number of ketones is 2. The Morgan fingerprint density at radius 1 is 0.776 bits per heavy atom. The maximum Gasteiger partial charge on any atom is 0.290 e. The highest BCUT2D eigenvalue weighted by molar-refractivity contribution is 6.40. The first-order valence-corrected chi connectivity index (χ1v) is 15.4. The van der Waals surface area contributed by atoms with Crippen molar-refractivity contribution < 1.29 is 31.9 Å². The number of carbonyl (C=O) groups excluding carboxylic acids is 3. The van der Waals surface area contributed by atoms with Gasteiger partial charge in [0.2, 0.25) is 5.78 Å². The van der Waals surface area contributed by atoms with Crippen LogP contribution in [-0.4, -0.2) is 62.9 Å². The highest BCUT2D eigenvalue weighted by Gasteiger charge is 2.29. The second-order valence-corrected chi connectivity index (χ2v) is 11.6. The third kappa shape index (κ3) is 7.35. The Morgan fingerprint density at radius 3 is 2.20 bits per heavy atom. The van der Waals surface area contributed by atoms with Gasteiger partial charge < -0.3 is 14.4 Å². The van der Waals surface area contributed by atoms with Gasteiger partial charge >= 0.3 is 0 Å². The van der Waals surface area contributed by atoms with Crippen LogP contribution in [0.15, 0.2) is 96.2 Å². The molecule has 6 rings (SSSR count). The molecule has 1 aliphatic rings. The fourth-order valence-electron chi connectivity index (χ4n) is 5.76. The van der Waals surface area contributed by atoms with Crippen molar-refractivity contribution in [3.8, 4) is 5.69 Å². The minimum absolute atomic E-state index is 0.164. The third-order valence-corrected chi connectivity index (χ3v) is 8.31. The molecule has 2 aromatic heterocycles. The van der Waals surface area contributed by atoms with Crippen LogP contribution in [0.3, 0.4) is 0 Å². The Balaban J connectivity index is 1.16. The van der Waals surface area contributed by atoms with E-state index in [0.717, 1.165) is 34.1 Å². The molecule has 1 saturated heterocycles. The summed E-state index contributed by atoms with van der Waals surface area (Å²) in [4.78, 5) is 56.3. The predicted molar refractivity (Wildman–Crippen MR) is 172 cm³/mol. The van der Waals surface area contributed by atoms with Crippen LogP contribution in [0.25, 0.3) is 5.69 Å². The number of pyridine rings is 1. The molecule has 0 radical (unpaired) electrons. The number of halogens is 4. The summed E-state index contributed by atoms with van der Waals surface area (Å²) in [5.41, 5.74) is 0.834. The molecule has 5 aromatic rings. The van der Waals surface area contributed by atoms with E-state index in [2.05, 4.69) is 10.00 Å². The average molecular weight is 672 g/mol. The first-order valence-electron chi connectivity index (χ1n) is 15.4. The molecule has 1 aliphatic heterocycles. The van der Waals surface area contributed by atoms with Gasteiger partial charge in [-0.05, 0) is 71.3 Å². The zero-order valence-electron chi connectivity index (χ0n) is 26.0. The topological polar surface area (TPSA) is 97.5 Å². The zero-order chi connectivity index (χ0) is 34.7. The van der Waals surface area contributed by atoms with Crippen LogP contribution in [0.5, 0.6) is 0 Å². The van der Waals surface area contributed by atoms with E-state index in [0.29, 0.717) is 18.7 Å². The molecule has 0 N–H and O–H groups in total. The maximum atomic E-state index is 14.5. The molecule has 49 heavy (non-hydrogen) atoms. The van der Waals surface area contributed by atoms with Gasteiger partial charge in [-0.3, -0.25) is 19.2 Å². The lowest BCUT2D eigenvalue weighted by atomic mass is 10.0. The highest BCUT2D eigenvalue weighted by Crippen LogP contribution is 2.21. The number of benzene rings is 3. The lowest BCUT2D eigenvalue weighted by Gasteiger charge is -2.35. The zero-order valence-corrected chi connectivity index (χ0v) is 26.0. The number of aromatic nitrogens is 3. The monoisotopic (exact) mass is 671 g/mol. The number of amides is 1. The Hall–Kier alpha value is -5.85. The van der Waals surface area contributed by atoms with E-state index in [9.17, 15) is 36.7 Å². The molecule has 0 saturated carbocycles. The number of Topliss-reactive ketones (excluding diaryl/α,β-unsaturated/α-hetero) is 2. The van der Waals surface area contributed by atoms with Gasteiger partial charge in [-0.15, -0.1) is 0 Å². The normalized spacial score (nSPS) is 13.1. The molecule has 1 amide bonds. The van der Waals surface area contributed by atoms with Crippen LogP contribution in [-0.2, 0) is 22.6 Å². The van der Waals surface area contributed by atoms with Gasteiger partial charge in [-0.1, -0.05) is 18.2 Å². The van der Waals surface area contributed by atoms with Crippen LogP contribution < -0.4 is 10.5 Å². The number of hydrogen-bond donors (Lipinski definition) is 0. The summed E-state index contributed by atoms with van der Waals surface area (Å²) in [6, 6.07) is 17.9. The SMILES string of the molecule is O=C(CC(=O)c1cc(Cc2ccc(F)c(F)c2F)cn(Cc2cccc(F)c2)c1=O)C(=O)N1CCN(c2ccc(-n3cccn3)cc2)CC1. The molecule has 9 nitrogen and oxygen atoms in total.